The van der Waals surface area contributed by atoms with E-state index in [4.69, 9.17) is 14.2 Å². The van der Waals surface area contributed by atoms with Crippen molar-refractivity contribution in [3.05, 3.63) is 54.1 Å². The molecule has 148 valence electrons. The average Bonchev–Trinajstić information content (AvgIpc) is 2.68. The topological polar surface area (TPSA) is 78.9 Å². The van der Waals surface area contributed by atoms with Crippen molar-refractivity contribution in [2.45, 2.75) is 25.5 Å². The zero-order valence-electron chi connectivity index (χ0n) is 16.0. The van der Waals surface area contributed by atoms with Crippen LogP contribution in [0.1, 0.15) is 30.6 Å². The molecule has 0 saturated carbocycles. The summed E-state index contributed by atoms with van der Waals surface area (Å²) in [5.41, 5.74) is 0.431. The quantitative estimate of drug-likeness (QED) is 0.458. The van der Waals surface area contributed by atoms with Crippen LogP contribution in [0.2, 0.25) is 0 Å². The highest BCUT2D eigenvalue weighted by atomic mass is 32.2. The van der Waals surface area contributed by atoms with Gasteiger partial charge >= 0.3 is 5.97 Å². The molecule has 0 aliphatic heterocycles. The highest BCUT2D eigenvalue weighted by Gasteiger charge is 2.26. The molecule has 0 aromatic heterocycles. The average molecular weight is 402 g/mol. The van der Waals surface area contributed by atoms with Gasteiger partial charge in [-0.25, -0.2) is 0 Å². The lowest BCUT2D eigenvalue weighted by molar-refractivity contribution is -0.142. The number of esters is 1. The lowest BCUT2D eigenvalue weighted by Gasteiger charge is -2.13. The lowest BCUT2D eigenvalue weighted by Crippen LogP contribution is -2.24. The van der Waals surface area contributed by atoms with Crippen LogP contribution in [0.5, 0.6) is 17.2 Å². The highest BCUT2D eigenvalue weighted by molar-refractivity contribution is 8.14. The SMILES string of the molecule is CCOC(=O)C(CC(=O)c1ccc(Oc2ccc(OC)cc2)cc1)SC(C)=O. The molecule has 0 fully saturated rings. The second kappa shape index (κ2) is 10.5. The van der Waals surface area contributed by atoms with E-state index in [1.165, 1.54) is 6.92 Å². The summed E-state index contributed by atoms with van der Waals surface area (Å²) >= 11 is 0.809. The number of rotatable bonds is 9. The second-order valence-corrected chi connectivity index (χ2v) is 7.16. The summed E-state index contributed by atoms with van der Waals surface area (Å²) in [6, 6.07) is 13.7. The van der Waals surface area contributed by atoms with Crippen molar-refractivity contribution in [3.63, 3.8) is 0 Å². The highest BCUT2D eigenvalue weighted by Crippen LogP contribution is 2.25. The van der Waals surface area contributed by atoms with Crippen LogP contribution in [0.3, 0.4) is 0 Å². The standard InChI is InChI=1S/C21H22O6S/c1-4-26-21(24)20(28-14(2)22)13-19(23)15-5-7-17(8-6-15)27-18-11-9-16(25-3)10-12-18/h5-12,20H,4,13H2,1-3H3. The number of methoxy groups -OCH3 is 1. The fourth-order valence-corrected chi connectivity index (χ4v) is 3.18. The van der Waals surface area contributed by atoms with Crippen LogP contribution in [-0.2, 0) is 14.3 Å². The Morgan fingerprint density at radius 1 is 0.929 bits per heavy atom. The van der Waals surface area contributed by atoms with E-state index in [0.29, 0.717) is 17.1 Å². The van der Waals surface area contributed by atoms with E-state index in [0.717, 1.165) is 17.5 Å². The maximum Gasteiger partial charge on any atom is 0.319 e. The minimum atomic E-state index is -0.847. The zero-order chi connectivity index (χ0) is 20.5. The first-order valence-corrected chi connectivity index (χ1v) is 9.60. The third-order valence-corrected chi connectivity index (χ3v) is 4.68. The van der Waals surface area contributed by atoms with Crippen LogP contribution in [-0.4, -0.2) is 35.8 Å². The largest absolute Gasteiger partial charge is 0.497 e. The first kappa shape index (κ1) is 21.5. The van der Waals surface area contributed by atoms with E-state index in [1.54, 1.807) is 62.6 Å². The van der Waals surface area contributed by atoms with Gasteiger partial charge in [-0.2, -0.15) is 0 Å². The Bertz CT molecular complexity index is 814. The zero-order valence-corrected chi connectivity index (χ0v) is 16.8. The van der Waals surface area contributed by atoms with Crippen molar-refractivity contribution in [2.75, 3.05) is 13.7 Å². The van der Waals surface area contributed by atoms with Crippen molar-refractivity contribution < 1.29 is 28.6 Å². The van der Waals surface area contributed by atoms with Gasteiger partial charge in [0.1, 0.15) is 22.5 Å². The number of thioether (sulfide) groups is 1. The molecule has 0 N–H and O–H groups in total. The molecule has 1 atom stereocenters. The molecule has 0 radical (unpaired) electrons. The maximum absolute atomic E-state index is 12.5. The monoisotopic (exact) mass is 402 g/mol. The van der Waals surface area contributed by atoms with Crippen molar-refractivity contribution in [3.8, 4) is 17.2 Å². The molecule has 28 heavy (non-hydrogen) atoms. The summed E-state index contributed by atoms with van der Waals surface area (Å²) in [6.45, 7) is 3.23. The molecule has 0 aliphatic carbocycles. The van der Waals surface area contributed by atoms with Crippen LogP contribution in [0, 0.1) is 0 Å². The lowest BCUT2D eigenvalue weighted by atomic mass is 10.1. The predicted octanol–water partition coefficient (Wildman–Crippen LogP) is 4.27. The van der Waals surface area contributed by atoms with Crippen LogP contribution in [0.4, 0.5) is 0 Å². The molecule has 2 aromatic rings. The van der Waals surface area contributed by atoms with Gasteiger partial charge in [0.15, 0.2) is 10.9 Å². The van der Waals surface area contributed by atoms with Gasteiger partial charge < -0.3 is 14.2 Å². The van der Waals surface area contributed by atoms with E-state index in [-0.39, 0.29) is 23.9 Å². The summed E-state index contributed by atoms with van der Waals surface area (Å²) in [5.74, 6) is 1.13. The number of benzene rings is 2. The molecular formula is C21H22O6S. The maximum atomic E-state index is 12.5. The summed E-state index contributed by atoms with van der Waals surface area (Å²) in [7, 11) is 1.59. The number of hydrogen-bond acceptors (Lipinski definition) is 7. The second-order valence-electron chi connectivity index (χ2n) is 5.78. The number of carbonyl (C=O) groups excluding carboxylic acids is 3. The Balaban J connectivity index is 2.02. The molecule has 6 nitrogen and oxygen atoms in total. The molecule has 0 aliphatic rings. The first-order chi connectivity index (χ1) is 13.4. The van der Waals surface area contributed by atoms with Gasteiger partial charge in [0.25, 0.3) is 0 Å². The molecule has 1 unspecified atom stereocenters. The summed E-state index contributed by atoms with van der Waals surface area (Å²) in [6.07, 6.45) is -0.109. The van der Waals surface area contributed by atoms with E-state index >= 15 is 0 Å². The third-order valence-electron chi connectivity index (χ3n) is 3.70. The number of ether oxygens (including phenoxy) is 3. The Hall–Kier alpha value is -2.80. The Labute approximate surface area is 168 Å². The minimum absolute atomic E-state index is 0.109. The number of hydrogen-bond donors (Lipinski definition) is 0. The number of carbonyl (C=O) groups is 3. The van der Waals surface area contributed by atoms with Crippen molar-refractivity contribution in [1.82, 2.24) is 0 Å². The van der Waals surface area contributed by atoms with Gasteiger partial charge in [-0.15, -0.1) is 0 Å². The van der Waals surface area contributed by atoms with Crippen LogP contribution >= 0.6 is 11.8 Å². The van der Waals surface area contributed by atoms with E-state index in [2.05, 4.69) is 0 Å². The molecule has 2 aromatic carbocycles. The first-order valence-electron chi connectivity index (χ1n) is 8.72. The van der Waals surface area contributed by atoms with Crippen molar-refractivity contribution in [2.24, 2.45) is 0 Å². The van der Waals surface area contributed by atoms with Crippen LogP contribution in [0.25, 0.3) is 0 Å². The molecule has 0 amide bonds. The molecule has 0 heterocycles. The van der Waals surface area contributed by atoms with Gasteiger partial charge in [0, 0.05) is 18.9 Å². The Morgan fingerprint density at radius 3 is 1.96 bits per heavy atom. The fourth-order valence-electron chi connectivity index (χ4n) is 2.38. The number of Topliss-reactive ketones (excluding diaryl/α,β-unsaturated/α-hetero) is 1. The van der Waals surface area contributed by atoms with Gasteiger partial charge in [-0.05, 0) is 55.5 Å². The van der Waals surface area contributed by atoms with Gasteiger partial charge in [-0.3, -0.25) is 14.4 Å². The molecule has 0 spiro atoms. The van der Waals surface area contributed by atoms with E-state index in [1.807, 2.05) is 0 Å². The summed E-state index contributed by atoms with van der Waals surface area (Å²) < 4.78 is 15.8. The summed E-state index contributed by atoms with van der Waals surface area (Å²) in [4.78, 5) is 35.8. The molecule has 2 rings (SSSR count). The summed E-state index contributed by atoms with van der Waals surface area (Å²) in [5, 5.41) is -1.09. The van der Waals surface area contributed by atoms with Crippen LogP contribution < -0.4 is 9.47 Å². The minimum Gasteiger partial charge on any atom is -0.497 e. The van der Waals surface area contributed by atoms with Crippen molar-refractivity contribution in [1.29, 1.82) is 0 Å². The van der Waals surface area contributed by atoms with Gasteiger partial charge in [0.05, 0.1) is 13.7 Å². The third kappa shape index (κ3) is 6.42. The smallest absolute Gasteiger partial charge is 0.319 e. The van der Waals surface area contributed by atoms with Gasteiger partial charge in [-0.1, -0.05) is 11.8 Å². The van der Waals surface area contributed by atoms with Crippen LogP contribution in [0.15, 0.2) is 48.5 Å². The molecule has 0 bridgehead atoms. The molecule has 7 heteroatoms. The molecule has 0 saturated heterocycles. The van der Waals surface area contributed by atoms with E-state index in [9.17, 15) is 14.4 Å². The van der Waals surface area contributed by atoms with Crippen molar-refractivity contribution >= 4 is 28.6 Å². The number of ketones is 1. The Morgan fingerprint density at radius 2 is 1.46 bits per heavy atom. The fraction of sp³-hybridized carbons (Fsp3) is 0.286. The molecular weight excluding hydrogens is 380 g/mol. The Kier molecular flexibility index (Phi) is 8.07. The normalized spacial score (nSPS) is 11.4. The predicted molar refractivity (Wildman–Crippen MR) is 107 cm³/mol. The van der Waals surface area contributed by atoms with E-state index < -0.39 is 11.2 Å². The van der Waals surface area contributed by atoms with Gasteiger partial charge in [0.2, 0.25) is 0 Å².